The summed E-state index contributed by atoms with van der Waals surface area (Å²) >= 11 is 0. The molecule has 0 aromatic heterocycles. The predicted molar refractivity (Wildman–Crippen MR) is 104 cm³/mol. The zero-order chi connectivity index (χ0) is 17.3. The summed E-state index contributed by atoms with van der Waals surface area (Å²) in [6.07, 6.45) is 1.14. The number of sulfone groups is 1. The van der Waals surface area contributed by atoms with Gasteiger partial charge in [0.25, 0.3) is 0 Å². The van der Waals surface area contributed by atoms with Gasteiger partial charge in [-0.05, 0) is 36.0 Å². The molecule has 1 atom stereocenters. The van der Waals surface area contributed by atoms with Gasteiger partial charge in [-0.2, -0.15) is 0 Å². The minimum absolute atomic E-state index is 0. The Balaban J connectivity index is 0.00000225. The van der Waals surface area contributed by atoms with E-state index in [1.165, 1.54) is 6.07 Å². The van der Waals surface area contributed by atoms with Crippen molar-refractivity contribution in [2.24, 2.45) is 10.9 Å². The van der Waals surface area contributed by atoms with Crippen molar-refractivity contribution >= 4 is 39.8 Å². The van der Waals surface area contributed by atoms with Crippen molar-refractivity contribution < 1.29 is 17.2 Å². The van der Waals surface area contributed by atoms with E-state index in [9.17, 15) is 17.2 Å². The summed E-state index contributed by atoms with van der Waals surface area (Å²) in [6, 6.07) is 2.28. The van der Waals surface area contributed by atoms with Crippen molar-refractivity contribution in [1.29, 1.82) is 0 Å². The van der Waals surface area contributed by atoms with E-state index >= 15 is 0 Å². The van der Waals surface area contributed by atoms with E-state index in [1.54, 1.807) is 7.05 Å². The van der Waals surface area contributed by atoms with Crippen molar-refractivity contribution in [1.82, 2.24) is 10.2 Å². The molecular formula is C16H22F2IN3O2S. The van der Waals surface area contributed by atoms with E-state index in [4.69, 9.17) is 0 Å². The first-order chi connectivity index (χ1) is 11.4. The maximum Gasteiger partial charge on any atom is 0.193 e. The topological polar surface area (TPSA) is 61.8 Å². The molecular weight excluding hydrogens is 463 g/mol. The Hall–Kier alpha value is -0.970. The molecule has 140 valence electrons. The average molecular weight is 485 g/mol. The quantitative estimate of drug-likeness (QED) is 0.396. The fourth-order valence-electron chi connectivity index (χ4n) is 3.39. The van der Waals surface area contributed by atoms with Crippen molar-refractivity contribution in [3.63, 3.8) is 0 Å². The van der Waals surface area contributed by atoms with Crippen LogP contribution in [0.2, 0.25) is 0 Å². The van der Waals surface area contributed by atoms with Gasteiger partial charge in [-0.25, -0.2) is 17.2 Å². The number of halogens is 3. The second kappa shape index (κ2) is 8.15. The van der Waals surface area contributed by atoms with Crippen LogP contribution in [-0.4, -0.2) is 50.9 Å². The van der Waals surface area contributed by atoms with Gasteiger partial charge in [-0.15, -0.1) is 24.0 Å². The van der Waals surface area contributed by atoms with E-state index in [2.05, 4.69) is 10.3 Å². The fraction of sp³-hybridized carbons (Fsp3) is 0.562. The molecule has 2 aliphatic rings. The number of aliphatic imine (C=N–C) groups is 1. The van der Waals surface area contributed by atoms with Gasteiger partial charge in [0.15, 0.2) is 15.8 Å². The van der Waals surface area contributed by atoms with Crippen LogP contribution in [0.4, 0.5) is 8.78 Å². The van der Waals surface area contributed by atoms with Gasteiger partial charge in [-0.1, -0.05) is 0 Å². The molecule has 0 saturated carbocycles. The molecule has 0 bridgehead atoms. The fourth-order valence-corrected chi connectivity index (χ4v) is 5.25. The third kappa shape index (κ3) is 4.81. The molecule has 1 aromatic rings. The van der Waals surface area contributed by atoms with Crippen LogP contribution in [0, 0.1) is 17.6 Å². The molecule has 0 radical (unpaired) electrons. The van der Waals surface area contributed by atoms with Gasteiger partial charge < -0.3 is 10.2 Å². The highest BCUT2D eigenvalue weighted by molar-refractivity contribution is 14.0. The molecule has 1 aromatic carbocycles. The SMILES string of the molecule is CN=C(NCC1CCS(=O)(=O)C1)N1CCc2c(F)cc(F)cc2C1.I. The van der Waals surface area contributed by atoms with Crippen LogP contribution in [0.5, 0.6) is 0 Å². The van der Waals surface area contributed by atoms with Crippen LogP contribution in [0.1, 0.15) is 17.5 Å². The molecule has 1 fully saturated rings. The maximum absolute atomic E-state index is 13.8. The zero-order valence-electron chi connectivity index (χ0n) is 14.0. The van der Waals surface area contributed by atoms with Crippen molar-refractivity contribution in [2.75, 3.05) is 31.6 Å². The summed E-state index contributed by atoms with van der Waals surface area (Å²) in [5.74, 6) is 0.0911. The lowest BCUT2D eigenvalue weighted by Gasteiger charge is -2.32. The Labute approximate surface area is 163 Å². The number of hydrogen-bond acceptors (Lipinski definition) is 3. The van der Waals surface area contributed by atoms with Gasteiger partial charge in [0.2, 0.25) is 0 Å². The van der Waals surface area contributed by atoms with E-state index in [-0.39, 0.29) is 41.4 Å². The number of nitrogens with zero attached hydrogens (tertiary/aromatic N) is 2. The minimum Gasteiger partial charge on any atom is -0.356 e. The van der Waals surface area contributed by atoms with Crippen molar-refractivity contribution in [2.45, 2.75) is 19.4 Å². The van der Waals surface area contributed by atoms with E-state index in [0.717, 1.165) is 6.07 Å². The number of hydrogen-bond donors (Lipinski definition) is 1. The normalized spacial score (nSPS) is 22.3. The summed E-state index contributed by atoms with van der Waals surface area (Å²) in [5.41, 5.74) is 1.19. The molecule has 1 unspecified atom stereocenters. The molecule has 0 spiro atoms. The molecule has 1 N–H and O–H groups in total. The Morgan fingerprint density at radius 3 is 2.80 bits per heavy atom. The van der Waals surface area contributed by atoms with Crippen LogP contribution in [0.25, 0.3) is 0 Å². The van der Waals surface area contributed by atoms with Crippen molar-refractivity contribution in [3.8, 4) is 0 Å². The van der Waals surface area contributed by atoms with Crippen molar-refractivity contribution in [3.05, 3.63) is 34.9 Å². The predicted octanol–water partition coefficient (Wildman–Crippen LogP) is 1.95. The molecule has 0 amide bonds. The third-order valence-corrected chi connectivity index (χ3v) is 6.47. The smallest absolute Gasteiger partial charge is 0.193 e. The van der Waals surface area contributed by atoms with Gasteiger partial charge >= 0.3 is 0 Å². The zero-order valence-corrected chi connectivity index (χ0v) is 17.1. The Kier molecular flexibility index (Phi) is 6.63. The average Bonchev–Trinajstić information content (AvgIpc) is 2.86. The highest BCUT2D eigenvalue weighted by Crippen LogP contribution is 2.23. The number of nitrogens with one attached hydrogen (secondary N) is 1. The van der Waals surface area contributed by atoms with Gasteiger partial charge in [-0.3, -0.25) is 4.99 Å². The Morgan fingerprint density at radius 1 is 1.40 bits per heavy atom. The van der Waals surface area contributed by atoms with Gasteiger partial charge in [0.05, 0.1) is 11.5 Å². The summed E-state index contributed by atoms with van der Waals surface area (Å²) in [4.78, 5) is 6.16. The first-order valence-corrected chi connectivity index (χ1v) is 9.83. The third-order valence-electron chi connectivity index (χ3n) is 4.63. The lowest BCUT2D eigenvalue weighted by molar-refractivity contribution is 0.366. The number of benzene rings is 1. The Bertz CT molecular complexity index is 771. The number of guanidine groups is 1. The van der Waals surface area contributed by atoms with Crippen LogP contribution >= 0.6 is 24.0 Å². The first-order valence-electron chi connectivity index (χ1n) is 8.01. The second-order valence-electron chi connectivity index (χ2n) is 6.39. The first kappa shape index (κ1) is 20.3. The Morgan fingerprint density at radius 2 is 2.16 bits per heavy atom. The van der Waals surface area contributed by atoms with E-state index in [1.807, 2.05) is 4.90 Å². The van der Waals surface area contributed by atoms with E-state index in [0.29, 0.717) is 49.6 Å². The molecule has 1 saturated heterocycles. The largest absolute Gasteiger partial charge is 0.356 e. The molecule has 5 nitrogen and oxygen atoms in total. The number of fused-ring (bicyclic) bond motifs is 1. The molecule has 0 aliphatic carbocycles. The summed E-state index contributed by atoms with van der Waals surface area (Å²) in [6.45, 7) is 1.50. The standard InChI is InChI=1S/C16H21F2N3O2S.HI/c1-19-16(20-8-11-3-5-24(22,23)10-11)21-4-2-14-12(9-21)6-13(17)7-15(14)18;/h6-7,11H,2-5,8-10H2,1H3,(H,19,20);1H. The van der Waals surface area contributed by atoms with Gasteiger partial charge in [0.1, 0.15) is 11.6 Å². The van der Waals surface area contributed by atoms with E-state index < -0.39 is 21.5 Å². The monoisotopic (exact) mass is 485 g/mol. The van der Waals surface area contributed by atoms with Gasteiger partial charge in [0, 0.05) is 32.7 Å². The maximum atomic E-state index is 13.8. The van der Waals surface area contributed by atoms with Crippen LogP contribution < -0.4 is 5.32 Å². The lowest BCUT2D eigenvalue weighted by atomic mass is 9.99. The highest BCUT2D eigenvalue weighted by atomic mass is 127. The molecule has 25 heavy (non-hydrogen) atoms. The summed E-state index contributed by atoms with van der Waals surface area (Å²) in [5, 5.41) is 3.20. The minimum atomic E-state index is -2.90. The highest BCUT2D eigenvalue weighted by Gasteiger charge is 2.28. The molecule has 2 aliphatic heterocycles. The molecule has 9 heteroatoms. The molecule has 3 rings (SSSR count). The van der Waals surface area contributed by atoms with Crippen LogP contribution in [0.3, 0.4) is 0 Å². The summed E-state index contributed by atoms with van der Waals surface area (Å²) < 4.78 is 50.3. The second-order valence-corrected chi connectivity index (χ2v) is 8.62. The molecule has 2 heterocycles. The lowest BCUT2D eigenvalue weighted by Crippen LogP contribution is -2.45. The number of rotatable bonds is 2. The van der Waals surface area contributed by atoms with Crippen LogP contribution in [0.15, 0.2) is 17.1 Å². The summed E-state index contributed by atoms with van der Waals surface area (Å²) in [7, 11) is -1.25. The van der Waals surface area contributed by atoms with Crippen LogP contribution in [-0.2, 0) is 22.8 Å².